The highest BCUT2D eigenvalue weighted by molar-refractivity contribution is 5.92. The molecule has 0 radical (unpaired) electrons. The van der Waals surface area contributed by atoms with E-state index in [0.717, 1.165) is 17.0 Å². The minimum absolute atomic E-state index is 0.190. The van der Waals surface area contributed by atoms with Crippen molar-refractivity contribution in [1.82, 2.24) is 24.9 Å². The maximum Gasteiger partial charge on any atom is 0.325 e. The Kier molecular flexibility index (Phi) is 4.06. The molecule has 2 aromatic heterocycles. The molecule has 0 aromatic carbocycles. The molecule has 0 aliphatic heterocycles. The summed E-state index contributed by atoms with van der Waals surface area (Å²) >= 11 is 0. The van der Waals surface area contributed by atoms with Crippen molar-refractivity contribution in [2.75, 3.05) is 0 Å². The first-order valence-electron chi connectivity index (χ1n) is 6.41. The predicted molar refractivity (Wildman–Crippen MR) is 73.7 cm³/mol. The van der Waals surface area contributed by atoms with Crippen LogP contribution < -0.4 is 5.32 Å². The van der Waals surface area contributed by atoms with Crippen molar-refractivity contribution in [3.8, 4) is 0 Å². The van der Waals surface area contributed by atoms with Crippen LogP contribution in [0.2, 0.25) is 0 Å². The average Bonchev–Trinajstić information content (AvgIpc) is 2.94. The predicted octanol–water partition coefficient (Wildman–Crippen LogP) is 0.248. The fourth-order valence-corrected chi connectivity index (χ4v) is 2.04. The van der Waals surface area contributed by atoms with Crippen molar-refractivity contribution >= 4 is 11.9 Å². The molecular formula is C13H17N5O3. The molecule has 1 amide bonds. The number of hydrogen-bond donors (Lipinski definition) is 2. The van der Waals surface area contributed by atoms with Gasteiger partial charge in [-0.1, -0.05) is 0 Å². The number of carbonyl (C=O) groups is 2. The number of aromatic nitrogens is 4. The Morgan fingerprint density at radius 3 is 2.62 bits per heavy atom. The summed E-state index contributed by atoms with van der Waals surface area (Å²) in [6.07, 6.45) is 1.46. The molecule has 0 saturated carbocycles. The first-order valence-corrected chi connectivity index (χ1v) is 6.41. The standard InChI is InChI=1S/C13H17N5O3/c1-8-10(9(2)17(3)15-8)6-14-13(21)11-4-5-18(16-11)7-12(19)20/h4-5H,6-7H2,1-3H3,(H,14,21)(H,19,20). The Labute approximate surface area is 121 Å². The lowest BCUT2D eigenvalue weighted by Gasteiger charge is -2.04. The van der Waals surface area contributed by atoms with E-state index in [9.17, 15) is 9.59 Å². The Hall–Kier alpha value is -2.64. The van der Waals surface area contributed by atoms with Crippen LogP contribution in [0.5, 0.6) is 0 Å². The Balaban J connectivity index is 2.01. The van der Waals surface area contributed by atoms with E-state index in [2.05, 4.69) is 15.5 Å². The van der Waals surface area contributed by atoms with Gasteiger partial charge in [0.15, 0.2) is 0 Å². The normalized spacial score (nSPS) is 10.6. The van der Waals surface area contributed by atoms with Crippen LogP contribution in [-0.2, 0) is 24.9 Å². The summed E-state index contributed by atoms with van der Waals surface area (Å²) in [6, 6.07) is 1.49. The number of carboxylic acid groups (broad SMARTS) is 1. The molecule has 2 N–H and O–H groups in total. The van der Waals surface area contributed by atoms with Crippen LogP contribution in [0.15, 0.2) is 12.3 Å². The lowest BCUT2D eigenvalue weighted by molar-refractivity contribution is -0.137. The fraction of sp³-hybridized carbons (Fsp3) is 0.385. The van der Waals surface area contributed by atoms with Crippen LogP contribution in [0, 0.1) is 13.8 Å². The van der Waals surface area contributed by atoms with E-state index in [0.29, 0.717) is 6.54 Å². The van der Waals surface area contributed by atoms with Gasteiger partial charge in [0.1, 0.15) is 12.2 Å². The number of nitrogens with one attached hydrogen (secondary N) is 1. The number of amides is 1. The molecule has 2 aromatic rings. The smallest absolute Gasteiger partial charge is 0.325 e. The summed E-state index contributed by atoms with van der Waals surface area (Å²) in [5.41, 5.74) is 3.02. The van der Waals surface area contributed by atoms with Crippen LogP contribution in [0.3, 0.4) is 0 Å². The Morgan fingerprint density at radius 1 is 1.33 bits per heavy atom. The van der Waals surface area contributed by atoms with Crippen LogP contribution in [0.25, 0.3) is 0 Å². The molecule has 0 aliphatic carbocycles. The van der Waals surface area contributed by atoms with E-state index >= 15 is 0 Å². The number of carboxylic acids is 1. The van der Waals surface area contributed by atoms with Crippen LogP contribution in [-0.4, -0.2) is 36.5 Å². The summed E-state index contributed by atoms with van der Waals surface area (Å²) < 4.78 is 2.97. The maximum atomic E-state index is 12.0. The molecule has 0 unspecified atom stereocenters. The number of nitrogens with zero attached hydrogens (tertiary/aromatic N) is 4. The number of rotatable bonds is 5. The van der Waals surface area contributed by atoms with Gasteiger partial charge in [-0.15, -0.1) is 0 Å². The third kappa shape index (κ3) is 3.28. The first kappa shape index (κ1) is 14.8. The van der Waals surface area contributed by atoms with Crippen LogP contribution in [0.1, 0.15) is 27.4 Å². The zero-order chi connectivity index (χ0) is 15.6. The summed E-state index contributed by atoms with van der Waals surface area (Å²) in [5, 5.41) is 19.6. The van der Waals surface area contributed by atoms with Gasteiger partial charge in [0.05, 0.1) is 5.69 Å². The van der Waals surface area contributed by atoms with Crippen molar-refractivity contribution in [2.24, 2.45) is 7.05 Å². The molecule has 8 heteroatoms. The van der Waals surface area contributed by atoms with Crippen LogP contribution >= 0.6 is 0 Å². The quantitative estimate of drug-likeness (QED) is 0.822. The molecule has 8 nitrogen and oxygen atoms in total. The summed E-state index contributed by atoms with van der Waals surface area (Å²) in [4.78, 5) is 22.6. The van der Waals surface area contributed by atoms with Gasteiger partial charge in [0, 0.05) is 31.0 Å². The van der Waals surface area contributed by atoms with E-state index in [4.69, 9.17) is 5.11 Å². The molecule has 2 rings (SSSR count). The second kappa shape index (κ2) is 5.78. The maximum absolute atomic E-state index is 12.0. The highest BCUT2D eigenvalue weighted by Gasteiger charge is 2.13. The van der Waals surface area contributed by atoms with Gasteiger partial charge < -0.3 is 10.4 Å². The molecule has 0 bridgehead atoms. The van der Waals surface area contributed by atoms with E-state index in [1.807, 2.05) is 20.9 Å². The molecule has 0 fully saturated rings. The van der Waals surface area contributed by atoms with Gasteiger partial charge >= 0.3 is 5.97 Å². The van der Waals surface area contributed by atoms with E-state index in [1.54, 1.807) is 4.68 Å². The third-order valence-electron chi connectivity index (χ3n) is 3.26. The molecule has 0 saturated heterocycles. The lowest BCUT2D eigenvalue weighted by Crippen LogP contribution is -2.24. The largest absolute Gasteiger partial charge is 0.480 e. The average molecular weight is 291 g/mol. The molecule has 0 aliphatic rings. The fourth-order valence-electron chi connectivity index (χ4n) is 2.04. The number of aliphatic carboxylic acids is 1. The van der Waals surface area contributed by atoms with Gasteiger partial charge in [-0.05, 0) is 19.9 Å². The minimum Gasteiger partial charge on any atom is -0.480 e. The monoisotopic (exact) mass is 291 g/mol. The minimum atomic E-state index is -1.01. The summed E-state index contributed by atoms with van der Waals surface area (Å²) in [5.74, 6) is -1.35. The highest BCUT2D eigenvalue weighted by atomic mass is 16.4. The van der Waals surface area contributed by atoms with Crippen molar-refractivity contribution in [3.05, 3.63) is 34.9 Å². The summed E-state index contributed by atoms with van der Waals surface area (Å²) in [6.45, 7) is 3.91. The summed E-state index contributed by atoms with van der Waals surface area (Å²) in [7, 11) is 1.85. The van der Waals surface area contributed by atoms with Gasteiger partial charge in [-0.2, -0.15) is 10.2 Å². The van der Waals surface area contributed by atoms with Gasteiger partial charge in [0.2, 0.25) is 0 Å². The van der Waals surface area contributed by atoms with Crippen molar-refractivity contribution in [2.45, 2.75) is 26.9 Å². The van der Waals surface area contributed by atoms with E-state index < -0.39 is 5.97 Å². The molecule has 0 spiro atoms. The first-order chi connectivity index (χ1) is 9.88. The number of aryl methyl sites for hydroxylation is 2. The van der Waals surface area contributed by atoms with Crippen LogP contribution in [0.4, 0.5) is 0 Å². The third-order valence-corrected chi connectivity index (χ3v) is 3.26. The molecule has 0 atom stereocenters. The Morgan fingerprint density at radius 2 is 2.05 bits per heavy atom. The number of carbonyl (C=O) groups excluding carboxylic acids is 1. The molecule has 21 heavy (non-hydrogen) atoms. The van der Waals surface area contributed by atoms with Crippen molar-refractivity contribution in [3.63, 3.8) is 0 Å². The highest BCUT2D eigenvalue weighted by Crippen LogP contribution is 2.11. The van der Waals surface area contributed by atoms with Crippen molar-refractivity contribution in [1.29, 1.82) is 0 Å². The van der Waals surface area contributed by atoms with Gasteiger partial charge in [-0.25, -0.2) is 0 Å². The topological polar surface area (TPSA) is 102 Å². The second-order valence-corrected chi connectivity index (χ2v) is 4.75. The second-order valence-electron chi connectivity index (χ2n) is 4.75. The van der Waals surface area contributed by atoms with E-state index in [-0.39, 0.29) is 18.1 Å². The lowest BCUT2D eigenvalue weighted by atomic mass is 10.2. The Bertz CT molecular complexity index is 686. The van der Waals surface area contributed by atoms with E-state index in [1.165, 1.54) is 16.9 Å². The van der Waals surface area contributed by atoms with Gasteiger partial charge in [0.25, 0.3) is 5.91 Å². The van der Waals surface area contributed by atoms with Crippen molar-refractivity contribution < 1.29 is 14.7 Å². The zero-order valence-corrected chi connectivity index (χ0v) is 12.1. The number of hydrogen-bond acceptors (Lipinski definition) is 4. The SMILES string of the molecule is Cc1nn(C)c(C)c1CNC(=O)c1ccn(CC(=O)O)n1. The molecule has 2 heterocycles. The van der Waals surface area contributed by atoms with Gasteiger partial charge in [-0.3, -0.25) is 19.0 Å². The zero-order valence-electron chi connectivity index (χ0n) is 12.1. The molecular weight excluding hydrogens is 274 g/mol. The molecule has 112 valence electrons.